The van der Waals surface area contributed by atoms with Gasteiger partial charge in [-0.2, -0.15) is 28.6 Å². The van der Waals surface area contributed by atoms with E-state index in [4.69, 9.17) is 0 Å². The molecule has 1 aliphatic heterocycles. The lowest BCUT2D eigenvalue weighted by molar-refractivity contribution is -0.189. The van der Waals surface area contributed by atoms with Gasteiger partial charge in [0.1, 0.15) is 6.04 Å². The first-order chi connectivity index (χ1) is 11.5. The zero-order chi connectivity index (χ0) is 17.2. The van der Waals surface area contributed by atoms with Crippen LogP contribution < -0.4 is 0 Å². The molecule has 2 aromatic rings. The summed E-state index contributed by atoms with van der Waals surface area (Å²) in [5, 5.41) is 9.63. The zero-order valence-electron chi connectivity index (χ0n) is 12.7. The van der Waals surface area contributed by atoms with E-state index in [2.05, 4.69) is 15.4 Å². The highest BCUT2D eigenvalue weighted by Crippen LogP contribution is 2.38. The van der Waals surface area contributed by atoms with Crippen LogP contribution in [0.25, 0.3) is 0 Å². The molecule has 0 saturated carbocycles. The standard InChI is InChI=1S/C15H16F3N5O/c16-15(17,18)13(11-4-2-1-3-5-11)22-6-8-23(9-7-22)14(24)12-10-19-21-20-12/h1-5,10,13H,6-9H2,(H,19,20,21)/t13-/m0/s1. The molecule has 0 bridgehead atoms. The highest BCUT2D eigenvalue weighted by atomic mass is 19.4. The summed E-state index contributed by atoms with van der Waals surface area (Å²) < 4.78 is 40.6. The third-order valence-corrected chi connectivity index (χ3v) is 4.03. The first-order valence-electron chi connectivity index (χ1n) is 7.47. The highest BCUT2D eigenvalue weighted by molar-refractivity contribution is 5.91. The van der Waals surface area contributed by atoms with Gasteiger partial charge in [0.15, 0.2) is 5.69 Å². The number of halogens is 3. The number of hydrogen-bond donors (Lipinski definition) is 1. The van der Waals surface area contributed by atoms with E-state index in [-0.39, 0.29) is 43.3 Å². The minimum atomic E-state index is -4.38. The van der Waals surface area contributed by atoms with Gasteiger partial charge < -0.3 is 4.90 Å². The molecule has 1 aliphatic rings. The summed E-state index contributed by atoms with van der Waals surface area (Å²) in [6.45, 7) is 0.710. The average Bonchev–Trinajstić information content (AvgIpc) is 3.09. The van der Waals surface area contributed by atoms with Gasteiger partial charge in [-0.25, -0.2) is 0 Å². The molecule has 0 radical (unpaired) electrons. The summed E-state index contributed by atoms with van der Waals surface area (Å²) >= 11 is 0. The van der Waals surface area contributed by atoms with Crippen molar-refractivity contribution in [1.82, 2.24) is 25.2 Å². The number of piperazine rings is 1. The molecule has 24 heavy (non-hydrogen) atoms. The Hall–Kier alpha value is -2.42. The molecule has 1 N–H and O–H groups in total. The van der Waals surface area contributed by atoms with Gasteiger partial charge in [-0.05, 0) is 5.56 Å². The largest absolute Gasteiger partial charge is 0.408 e. The molecule has 1 saturated heterocycles. The van der Waals surface area contributed by atoms with Gasteiger partial charge in [0.05, 0.1) is 6.20 Å². The first kappa shape index (κ1) is 16.4. The van der Waals surface area contributed by atoms with Crippen molar-refractivity contribution in [1.29, 1.82) is 0 Å². The number of nitrogens with one attached hydrogen (secondary N) is 1. The Labute approximate surface area is 136 Å². The van der Waals surface area contributed by atoms with Gasteiger partial charge in [0, 0.05) is 26.2 Å². The average molecular weight is 339 g/mol. The lowest BCUT2D eigenvalue weighted by atomic mass is 10.0. The van der Waals surface area contributed by atoms with Crippen LogP contribution in [0, 0.1) is 0 Å². The van der Waals surface area contributed by atoms with Crippen LogP contribution >= 0.6 is 0 Å². The monoisotopic (exact) mass is 339 g/mol. The third kappa shape index (κ3) is 3.40. The number of carbonyl (C=O) groups is 1. The number of carbonyl (C=O) groups excluding carboxylic acids is 1. The molecule has 3 rings (SSSR count). The number of alkyl halides is 3. The van der Waals surface area contributed by atoms with Crippen LogP contribution in [0.3, 0.4) is 0 Å². The number of amides is 1. The van der Waals surface area contributed by atoms with Gasteiger partial charge in [0.2, 0.25) is 0 Å². The molecule has 1 atom stereocenters. The Morgan fingerprint density at radius 1 is 1.12 bits per heavy atom. The minimum absolute atomic E-state index is 0.142. The highest BCUT2D eigenvalue weighted by Gasteiger charge is 2.45. The fourth-order valence-electron chi connectivity index (χ4n) is 2.89. The number of aromatic amines is 1. The van der Waals surface area contributed by atoms with E-state index in [9.17, 15) is 18.0 Å². The van der Waals surface area contributed by atoms with E-state index in [1.807, 2.05) is 0 Å². The maximum absolute atomic E-state index is 13.5. The lowest BCUT2D eigenvalue weighted by Gasteiger charge is -2.39. The number of benzene rings is 1. The van der Waals surface area contributed by atoms with E-state index in [0.717, 1.165) is 0 Å². The zero-order valence-corrected chi connectivity index (χ0v) is 12.7. The number of aromatic nitrogens is 3. The summed E-state index contributed by atoms with van der Waals surface area (Å²) in [6.07, 6.45) is -3.07. The maximum atomic E-state index is 13.5. The summed E-state index contributed by atoms with van der Waals surface area (Å²) in [6, 6.07) is 6.17. The quantitative estimate of drug-likeness (QED) is 0.927. The summed E-state index contributed by atoms with van der Waals surface area (Å²) in [4.78, 5) is 15.0. The van der Waals surface area contributed by atoms with Crippen molar-refractivity contribution in [2.75, 3.05) is 26.2 Å². The molecule has 6 nitrogen and oxygen atoms in total. The van der Waals surface area contributed by atoms with Gasteiger partial charge in [0.25, 0.3) is 5.91 Å². The summed E-state index contributed by atoms with van der Waals surface area (Å²) in [5.74, 6) is -0.327. The van der Waals surface area contributed by atoms with Crippen LogP contribution in [0.4, 0.5) is 13.2 Å². The minimum Gasteiger partial charge on any atom is -0.335 e. The molecule has 1 aromatic heterocycles. The van der Waals surface area contributed by atoms with Crippen molar-refractivity contribution in [3.8, 4) is 0 Å². The van der Waals surface area contributed by atoms with Crippen LogP contribution in [0.1, 0.15) is 22.1 Å². The van der Waals surface area contributed by atoms with Crippen LogP contribution in [0.2, 0.25) is 0 Å². The van der Waals surface area contributed by atoms with Crippen molar-refractivity contribution in [2.45, 2.75) is 12.2 Å². The van der Waals surface area contributed by atoms with Crippen molar-refractivity contribution in [3.63, 3.8) is 0 Å². The van der Waals surface area contributed by atoms with Crippen LogP contribution in [-0.4, -0.2) is 63.5 Å². The van der Waals surface area contributed by atoms with Crippen LogP contribution in [0.5, 0.6) is 0 Å². The second-order valence-corrected chi connectivity index (χ2v) is 5.54. The molecule has 1 fully saturated rings. The third-order valence-electron chi connectivity index (χ3n) is 4.03. The first-order valence-corrected chi connectivity index (χ1v) is 7.47. The normalized spacial score (nSPS) is 17.7. The fourth-order valence-corrected chi connectivity index (χ4v) is 2.89. The topological polar surface area (TPSA) is 65.1 Å². The molecule has 1 aromatic carbocycles. The number of rotatable bonds is 3. The van der Waals surface area contributed by atoms with Gasteiger partial charge in [-0.1, -0.05) is 30.3 Å². The Bertz CT molecular complexity index is 666. The predicted octanol–water partition coefficient (Wildman–Crippen LogP) is 1.87. The number of H-pyrrole nitrogens is 1. The maximum Gasteiger partial charge on any atom is 0.408 e. The van der Waals surface area contributed by atoms with Crippen molar-refractivity contribution in [3.05, 3.63) is 47.8 Å². The summed E-state index contributed by atoms with van der Waals surface area (Å²) in [7, 11) is 0. The smallest absolute Gasteiger partial charge is 0.335 e. The van der Waals surface area contributed by atoms with E-state index in [1.165, 1.54) is 28.1 Å². The Kier molecular flexibility index (Phi) is 4.52. The molecule has 128 valence electrons. The van der Waals surface area contributed by atoms with Gasteiger partial charge in [-0.3, -0.25) is 9.69 Å². The van der Waals surface area contributed by atoms with E-state index < -0.39 is 12.2 Å². The molecular formula is C15H16F3N5O. The Balaban J connectivity index is 1.71. The molecule has 0 spiro atoms. The lowest BCUT2D eigenvalue weighted by Crippen LogP contribution is -2.52. The van der Waals surface area contributed by atoms with E-state index in [1.54, 1.807) is 18.2 Å². The Morgan fingerprint density at radius 3 is 2.33 bits per heavy atom. The molecular weight excluding hydrogens is 323 g/mol. The SMILES string of the molecule is O=C(c1cn[nH]n1)N1CCN([C@@H](c2ccccc2)C(F)(F)F)CC1. The fraction of sp³-hybridized carbons (Fsp3) is 0.400. The molecule has 9 heteroatoms. The molecule has 0 aliphatic carbocycles. The Morgan fingerprint density at radius 2 is 1.79 bits per heavy atom. The van der Waals surface area contributed by atoms with Gasteiger partial charge >= 0.3 is 6.18 Å². The second kappa shape index (κ2) is 6.60. The van der Waals surface area contributed by atoms with Gasteiger partial charge in [-0.15, -0.1) is 0 Å². The number of nitrogens with zero attached hydrogens (tertiary/aromatic N) is 4. The van der Waals surface area contributed by atoms with Crippen molar-refractivity contribution >= 4 is 5.91 Å². The second-order valence-electron chi connectivity index (χ2n) is 5.54. The van der Waals surface area contributed by atoms with Crippen molar-refractivity contribution in [2.24, 2.45) is 0 Å². The van der Waals surface area contributed by atoms with Crippen LogP contribution in [0.15, 0.2) is 36.5 Å². The number of hydrogen-bond acceptors (Lipinski definition) is 4. The van der Waals surface area contributed by atoms with E-state index >= 15 is 0 Å². The molecule has 2 heterocycles. The van der Waals surface area contributed by atoms with Crippen LogP contribution in [-0.2, 0) is 0 Å². The van der Waals surface area contributed by atoms with Crippen molar-refractivity contribution < 1.29 is 18.0 Å². The van der Waals surface area contributed by atoms with E-state index in [0.29, 0.717) is 0 Å². The predicted molar refractivity (Wildman–Crippen MR) is 79.1 cm³/mol. The summed E-state index contributed by atoms with van der Waals surface area (Å²) in [5.41, 5.74) is 0.375. The molecule has 1 amide bonds. The molecule has 0 unspecified atom stereocenters.